The van der Waals surface area contributed by atoms with Gasteiger partial charge in [0.15, 0.2) is 0 Å². The van der Waals surface area contributed by atoms with Crippen molar-refractivity contribution in [3.63, 3.8) is 0 Å². The Balaban J connectivity index is 1.89. The number of nitrogens with zero attached hydrogens (tertiary/aromatic N) is 1. The number of halogens is 2. The molecule has 1 aliphatic rings. The maximum atomic E-state index is 12.7. The molecule has 0 aromatic heterocycles. The molecule has 2 rings (SSSR count). The Morgan fingerprint density at radius 3 is 2.67 bits per heavy atom. The van der Waals surface area contributed by atoms with E-state index >= 15 is 0 Å². The van der Waals surface area contributed by atoms with Gasteiger partial charge in [-0.3, -0.25) is 14.8 Å². The number of nitrogens with one attached hydrogen (secondary N) is 1. The van der Waals surface area contributed by atoms with E-state index in [1.54, 1.807) is 22.5 Å². The van der Waals surface area contributed by atoms with E-state index in [2.05, 4.69) is 0 Å². The highest BCUT2D eigenvalue weighted by molar-refractivity contribution is 6.33. The fourth-order valence-electron chi connectivity index (χ4n) is 3.63. The Hall–Kier alpha value is -1.30. The Labute approximate surface area is 171 Å². The van der Waals surface area contributed by atoms with E-state index in [1.165, 1.54) is 12.8 Å². The molecule has 1 atom stereocenters. The van der Waals surface area contributed by atoms with Crippen molar-refractivity contribution in [2.75, 3.05) is 13.1 Å². The lowest BCUT2D eigenvalue weighted by Gasteiger charge is -2.26. The predicted molar refractivity (Wildman–Crippen MR) is 107 cm³/mol. The van der Waals surface area contributed by atoms with E-state index in [9.17, 15) is 9.59 Å². The molecule has 2 amide bonds. The van der Waals surface area contributed by atoms with Crippen LogP contribution in [-0.4, -0.2) is 35.0 Å². The molecule has 0 aliphatic heterocycles. The van der Waals surface area contributed by atoms with Gasteiger partial charge in [0.05, 0.1) is 0 Å². The van der Waals surface area contributed by atoms with Gasteiger partial charge >= 0.3 is 0 Å². The van der Waals surface area contributed by atoms with Gasteiger partial charge in [-0.15, -0.1) is 0 Å². The molecule has 27 heavy (non-hydrogen) atoms. The van der Waals surface area contributed by atoms with Crippen molar-refractivity contribution < 1.29 is 14.8 Å². The highest BCUT2D eigenvalue weighted by Gasteiger charge is 2.24. The number of carbonyl (C=O) groups is 2. The van der Waals surface area contributed by atoms with Crippen LogP contribution >= 0.6 is 23.2 Å². The molecule has 0 radical (unpaired) electrons. The molecule has 0 saturated heterocycles. The molecule has 5 nitrogen and oxygen atoms in total. The Morgan fingerprint density at radius 1 is 1.30 bits per heavy atom. The average Bonchev–Trinajstić information content (AvgIpc) is 3.14. The van der Waals surface area contributed by atoms with E-state index in [4.69, 9.17) is 28.4 Å². The van der Waals surface area contributed by atoms with Crippen LogP contribution in [0, 0.1) is 11.8 Å². The van der Waals surface area contributed by atoms with Crippen molar-refractivity contribution in [2.45, 2.75) is 51.9 Å². The first-order valence-corrected chi connectivity index (χ1v) is 10.3. The zero-order chi connectivity index (χ0) is 19.8. The van der Waals surface area contributed by atoms with E-state index in [-0.39, 0.29) is 18.4 Å². The molecular weight excluding hydrogens is 387 g/mol. The van der Waals surface area contributed by atoms with Crippen LogP contribution in [0.2, 0.25) is 10.0 Å². The van der Waals surface area contributed by atoms with Crippen molar-refractivity contribution >= 4 is 35.0 Å². The summed E-state index contributed by atoms with van der Waals surface area (Å²) < 4.78 is 0. The highest BCUT2D eigenvalue weighted by atomic mass is 35.5. The Kier molecular flexibility index (Phi) is 8.87. The number of hydroxylamine groups is 1. The van der Waals surface area contributed by atoms with Crippen LogP contribution in [0.5, 0.6) is 0 Å². The first kappa shape index (κ1) is 22.0. The normalized spacial score (nSPS) is 15.6. The lowest BCUT2D eigenvalue weighted by Crippen LogP contribution is -2.42. The zero-order valence-electron chi connectivity index (χ0n) is 15.7. The molecule has 150 valence electrons. The van der Waals surface area contributed by atoms with E-state index < -0.39 is 5.91 Å². The molecule has 0 spiro atoms. The molecule has 2 N–H and O–H groups in total. The van der Waals surface area contributed by atoms with Crippen LogP contribution < -0.4 is 5.48 Å². The molecule has 7 heteroatoms. The molecule has 0 heterocycles. The predicted octanol–water partition coefficient (Wildman–Crippen LogP) is 4.48. The number of carbonyl (C=O) groups excluding carboxylic acids is 2. The number of hydrogen-bond acceptors (Lipinski definition) is 3. The first-order chi connectivity index (χ1) is 12.9. The summed E-state index contributed by atoms with van der Waals surface area (Å²) in [5.74, 6) is -0.00766. The first-order valence-electron chi connectivity index (χ1n) is 9.53. The summed E-state index contributed by atoms with van der Waals surface area (Å²) in [6.45, 7) is 2.51. The third kappa shape index (κ3) is 7.32. The monoisotopic (exact) mass is 414 g/mol. The third-order valence-electron chi connectivity index (χ3n) is 5.20. The maximum absolute atomic E-state index is 12.7. The van der Waals surface area contributed by atoms with E-state index in [0.717, 1.165) is 31.2 Å². The second-order valence-corrected chi connectivity index (χ2v) is 8.39. The van der Waals surface area contributed by atoms with Crippen LogP contribution in [0.3, 0.4) is 0 Å². The number of amides is 2. The molecule has 1 aromatic carbocycles. The summed E-state index contributed by atoms with van der Waals surface area (Å²) in [6.07, 6.45) is 6.44. The second kappa shape index (κ2) is 10.9. The van der Waals surface area contributed by atoms with Crippen LogP contribution in [0.15, 0.2) is 18.2 Å². The fourth-order valence-corrected chi connectivity index (χ4v) is 4.04. The molecule has 1 unspecified atom stereocenters. The minimum Gasteiger partial charge on any atom is -0.333 e. The van der Waals surface area contributed by atoms with Crippen LogP contribution in [0.25, 0.3) is 0 Å². The summed E-state index contributed by atoms with van der Waals surface area (Å²) in [5.41, 5.74) is 2.60. The van der Waals surface area contributed by atoms with Crippen LogP contribution in [-0.2, 0) is 16.0 Å². The molecule has 1 aliphatic carbocycles. The lowest BCUT2D eigenvalue weighted by atomic mass is 9.97. The largest absolute Gasteiger partial charge is 0.333 e. The van der Waals surface area contributed by atoms with Gasteiger partial charge in [-0.1, -0.05) is 43.0 Å². The molecule has 1 aromatic rings. The van der Waals surface area contributed by atoms with E-state index in [1.807, 2.05) is 13.0 Å². The topological polar surface area (TPSA) is 69.6 Å². The minimum atomic E-state index is -0.556. The average molecular weight is 415 g/mol. The van der Waals surface area contributed by atoms with Crippen molar-refractivity contribution in [1.82, 2.24) is 10.4 Å². The van der Waals surface area contributed by atoms with Gasteiger partial charge in [0.1, 0.15) is 6.54 Å². The minimum absolute atomic E-state index is 0.0461. The molecule has 0 bridgehead atoms. The maximum Gasteiger partial charge on any atom is 0.262 e. The van der Waals surface area contributed by atoms with Gasteiger partial charge in [-0.25, -0.2) is 5.48 Å². The molecular formula is C20H28Cl2N2O3. The SMILES string of the molecule is CC(CCc1cc(Cl)ccc1Cl)CC(=O)N(CC(=O)NO)CC1CCCC1. The summed E-state index contributed by atoms with van der Waals surface area (Å²) in [5, 5.41) is 10.1. The molecule has 1 saturated carbocycles. The van der Waals surface area contributed by atoms with E-state index in [0.29, 0.717) is 28.9 Å². The van der Waals surface area contributed by atoms with Gasteiger partial charge in [-0.05, 0) is 61.3 Å². The van der Waals surface area contributed by atoms with Crippen molar-refractivity contribution in [3.8, 4) is 0 Å². The smallest absolute Gasteiger partial charge is 0.262 e. The van der Waals surface area contributed by atoms with Gasteiger partial charge in [0.2, 0.25) is 5.91 Å². The van der Waals surface area contributed by atoms with Crippen LogP contribution in [0.1, 0.15) is 51.0 Å². The third-order valence-corrected chi connectivity index (χ3v) is 5.81. The van der Waals surface area contributed by atoms with Gasteiger partial charge in [0, 0.05) is 23.0 Å². The van der Waals surface area contributed by atoms with Gasteiger partial charge in [0.25, 0.3) is 5.91 Å². The summed E-state index contributed by atoms with van der Waals surface area (Å²) in [6, 6.07) is 5.40. The lowest BCUT2D eigenvalue weighted by molar-refractivity contribution is -0.140. The summed E-state index contributed by atoms with van der Waals surface area (Å²) in [4.78, 5) is 25.9. The Morgan fingerprint density at radius 2 is 2.00 bits per heavy atom. The second-order valence-electron chi connectivity index (χ2n) is 7.54. The number of aryl methyl sites for hydroxylation is 1. The van der Waals surface area contributed by atoms with Gasteiger partial charge in [-0.2, -0.15) is 0 Å². The Bertz CT molecular complexity index is 648. The fraction of sp³-hybridized carbons (Fsp3) is 0.600. The number of hydrogen-bond donors (Lipinski definition) is 2. The zero-order valence-corrected chi connectivity index (χ0v) is 17.2. The van der Waals surface area contributed by atoms with Crippen molar-refractivity contribution in [1.29, 1.82) is 0 Å². The summed E-state index contributed by atoms with van der Waals surface area (Å²) >= 11 is 12.2. The van der Waals surface area contributed by atoms with Crippen molar-refractivity contribution in [3.05, 3.63) is 33.8 Å². The summed E-state index contributed by atoms with van der Waals surface area (Å²) in [7, 11) is 0. The standard InChI is InChI=1S/C20H28Cl2N2O3/c1-14(6-7-16-11-17(21)8-9-18(16)22)10-20(26)24(13-19(25)23-27)12-15-4-2-3-5-15/h8-9,11,14-15,27H,2-7,10,12-13H2,1H3,(H,23,25). The number of benzene rings is 1. The van der Waals surface area contributed by atoms with Crippen molar-refractivity contribution in [2.24, 2.45) is 11.8 Å². The van der Waals surface area contributed by atoms with Crippen LogP contribution in [0.4, 0.5) is 0 Å². The number of rotatable bonds is 9. The highest BCUT2D eigenvalue weighted by Crippen LogP contribution is 2.27. The van der Waals surface area contributed by atoms with Gasteiger partial charge < -0.3 is 4.90 Å². The quantitative estimate of drug-likeness (QED) is 0.462. The molecule has 1 fully saturated rings.